The highest BCUT2D eigenvalue weighted by atomic mass is 32.2. The zero-order valence-electron chi connectivity index (χ0n) is 12.5. The minimum Gasteiger partial charge on any atom is -0.325 e. The first kappa shape index (κ1) is 13.9. The van der Waals surface area contributed by atoms with Gasteiger partial charge in [0, 0.05) is 11.4 Å². The van der Waals surface area contributed by atoms with Gasteiger partial charge in [0.1, 0.15) is 0 Å². The molecule has 1 N–H and O–H groups in total. The van der Waals surface area contributed by atoms with Crippen LogP contribution in [0.5, 0.6) is 0 Å². The number of carbonyl (C=O) groups excluding carboxylic acids is 1. The Balaban J connectivity index is 1.59. The van der Waals surface area contributed by atoms with E-state index in [1.165, 1.54) is 21.6 Å². The highest BCUT2D eigenvalue weighted by molar-refractivity contribution is 8.00. The number of amides is 1. The number of fused-ring (bicyclic) bond motifs is 3. The van der Waals surface area contributed by atoms with Gasteiger partial charge in [0.05, 0.1) is 18.0 Å². The maximum atomic E-state index is 12.9. The zero-order chi connectivity index (χ0) is 15.1. The summed E-state index contributed by atoms with van der Waals surface area (Å²) in [5.41, 5.74) is 3.59. The van der Waals surface area contributed by atoms with E-state index in [4.69, 9.17) is 0 Å². The van der Waals surface area contributed by atoms with E-state index in [9.17, 15) is 4.79 Å². The van der Waals surface area contributed by atoms with E-state index < -0.39 is 0 Å². The third-order valence-corrected chi connectivity index (χ3v) is 5.65. The summed E-state index contributed by atoms with van der Waals surface area (Å²) in [4.78, 5) is 16.1. The number of hydrogen-bond acceptors (Lipinski definition) is 3. The van der Waals surface area contributed by atoms with Crippen molar-refractivity contribution in [1.82, 2.24) is 10.2 Å². The van der Waals surface area contributed by atoms with Gasteiger partial charge in [0.15, 0.2) is 0 Å². The fourth-order valence-corrected chi connectivity index (χ4v) is 4.59. The van der Waals surface area contributed by atoms with Crippen LogP contribution >= 0.6 is 11.8 Å². The molecule has 3 nitrogen and oxygen atoms in total. The van der Waals surface area contributed by atoms with Crippen molar-refractivity contribution in [1.29, 1.82) is 0 Å². The van der Waals surface area contributed by atoms with Crippen LogP contribution in [0.1, 0.15) is 22.6 Å². The zero-order valence-corrected chi connectivity index (χ0v) is 13.3. The molecule has 0 aromatic heterocycles. The summed E-state index contributed by atoms with van der Waals surface area (Å²) in [5.74, 6) is 0.183. The first-order valence-corrected chi connectivity index (χ1v) is 8.43. The first-order valence-electron chi connectivity index (χ1n) is 7.56. The SMILES string of the molecule is Cc1cccc(CN2CNC3Sc4ccccc4C3C2=O)c1. The fraction of sp³-hybridized carbons (Fsp3) is 0.278. The van der Waals surface area contributed by atoms with Gasteiger partial charge < -0.3 is 4.90 Å². The van der Waals surface area contributed by atoms with Gasteiger partial charge in [-0.2, -0.15) is 0 Å². The molecule has 1 fully saturated rings. The molecule has 2 unspecified atom stereocenters. The predicted octanol–water partition coefficient (Wildman–Crippen LogP) is 3.10. The molecule has 4 heteroatoms. The van der Waals surface area contributed by atoms with Gasteiger partial charge in [-0.25, -0.2) is 0 Å². The third kappa shape index (κ3) is 2.32. The van der Waals surface area contributed by atoms with Crippen LogP contribution in [0.3, 0.4) is 0 Å². The Labute approximate surface area is 134 Å². The van der Waals surface area contributed by atoms with Gasteiger partial charge >= 0.3 is 0 Å². The molecular formula is C18H18N2OS. The topological polar surface area (TPSA) is 32.3 Å². The van der Waals surface area contributed by atoms with Crippen LogP contribution in [0.2, 0.25) is 0 Å². The van der Waals surface area contributed by atoms with Crippen LogP contribution in [0, 0.1) is 6.92 Å². The number of aryl methyl sites for hydroxylation is 1. The molecular weight excluding hydrogens is 292 g/mol. The Kier molecular flexibility index (Phi) is 3.43. The van der Waals surface area contributed by atoms with Crippen molar-refractivity contribution in [3.63, 3.8) is 0 Å². The molecule has 0 saturated carbocycles. The van der Waals surface area contributed by atoms with Gasteiger partial charge in [0.25, 0.3) is 0 Å². The Bertz CT molecular complexity index is 731. The van der Waals surface area contributed by atoms with Crippen molar-refractivity contribution in [3.8, 4) is 0 Å². The molecule has 2 atom stereocenters. The number of benzene rings is 2. The number of rotatable bonds is 2. The van der Waals surface area contributed by atoms with Gasteiger partial charge in [0.2, 0.25) is 5.91 Å². The third-order valence-electron chi connectivity index (χ3n) is 4.33. The molecule has 22 heavy (non-hydrogen) atoms. The minimum absolute atomic E-state index is 0.0558. The predicted molar refractivity (Wildman–Crippen MR) is 88.6 cm³/mol. The molecule has 0 spiro atoms. The van der Waals surface area contributed by atoms with Crippen molar-refractivity contribution in [2.24, 2.45) is 0 Å². The average molecular weight is 310 g/mol. The van der Waals surface area contributed by atoms with Crippen LogP contribution in [-0.2, 0) is 11.3 Å². The van der Waals surface area contributed by atoms with Crippen LogP contribution in [0.25, 0.3) is 0 Å². The number of hydrogen-bond donors (Lipinski definition) is 1. The van der Waals surface area contributed by atoms with Crippen molar-refractivity contribution >= 4 is 17.7 Å². The summed E-state index contributed by atoms with van der Waals surface area (Å²) >= 11 is 1.78. The van der Waals surface area contributed by atoms with Gasteiger partial charge in [-0.3, -0.25) is 10.1 Å². The highest BCUT2D eigenvalue weighted by Crippen LogP contribution is 2.46. The van der Waals surface area contributed by atoms with Crippen molar-refractivity contribution in [2.75, 3.05) is 6.67 Å². The van der Waals surface area contributed by atoms with Gasteiger partial charge in [-0.05, 0) is 24.1 Å². The number of thioether (sulfide) groups is 1. The van der Waals surface area contributed by atoms with E-state index >= 15 is 0 Å². The maximum absolute atomic E-state index is 12.9. The van der Waals surface area contributed by atoms with E-state index in [0.717, 1.165) is 0 Å². The van der Waals surface area contributed by atoms with Gasteiger partial charge in [-0.15, -0.1) is 11.8 Å². The second-order valence-corrected chi connectivity index (χ2v) is 7.12. The molecule has 0 radical (unpaired) electrons. The second-order valence-electron chi connectivity index (χ2n) is 5.94. The smallest absolute Gasteiger partial charge is 0.233 e. The summed E-state index contributed by atoms with van der Waals surface area (Å²) in [7, 11) is 0. The molecule has 2 aromatic carbocycles. The monoisotopic (exact) mass is 310 g/mol. The molecule has 2 aliphatic rings. The largest absolute Gasteiger partial charge is 0.325 e. The number of nitrogens with one attached hydrogen (secondary N) is 1. The standard InChI is InChI=1S/C18H18N2OS/c1-12-5-4-6-13(9-12)10-20-11-19-17-16(18(20)21)14-7-2-3-8-15(14)22-17/h2-9,16-17,19H,10-11H2,1H3. The summed E-state index contributed by atoms with van der Waals surface area (Å²) in [5, 5.41) is 3.69. The van der Waals surface area contributed by atoms with E-state index in [2.05, 4.69) is 48.6 Å². The lowest BCUT2D eigenvalue weighted by atomic mass is 9.96. The molecule has 1 saturated heterocycles. The van der Waals surface area contributed by atoms with E-state index in [1.807, 2.05) is 17.0 Å². The van der Waals surface area contributed by atoms with Crippen molar-refractivity contribution in [3.05, 3.63) is 65.2 Å². The van der Waals surface area contributed by atoms with Crippen molar-refractivity contribution < 1.29 is 4.79 Å². The second kappa shape index (κ2) is 5.45. The van der Waals surface area contributed by atoms with Crippen LogP contribution in [0.15, 0.2) is 53.4 Å². The van der Waals surface area contributed by atoms with Crippen LogP contribution in [-0.4, -0.2) is 22.8 Å². The molecule has 0 bridgehead atoms. The van der Waals surface area contributed by atoms with E-state index in [1.54, 1.807) is 11.8 Å². The molecule has 2 aliphatic heterocycles. The Hall–Kier alpha value is -1.78. The molecule has 2 heterocycles. The normalized spacial score (nSPS) is 23.3. The quantitative estimate of drug-likeness (QED) is 0.925. The molecule has 4 rings (SSSR count). The van der Waals surface area contributed by atoms with Crippen LogP contribution in [0.4, 0.5) is 0 Å². The Morgan fingerprint density at radius 3 is 2.95 bits per heavy atom. The Morgan fingerprint density at radius 1 is 1.23 bits per heavy atom. The number of carbonyl (C=O) groups is 1. The minimum atomic E-state index is -0.0558. The van der Waals surface area contributed by atoms with Gasteiger partial charge in [-0.1, -0.05) is 48.0 Å². The Morgan fingerprint density at radius 2 is 2.09 bits per heavy atom. The molecule has 112 valence electrons. The summed E-state index contributed by atoms with van der Waals surface area (Å²) in [6.45, 7) is 3.37. The first-order chi connectivity index (χ1) is 10.7. The fourth-order valence-electron chi connectivity index (χ4n) is 3.27. The molecule has 0 aliphatic carbocycles. The lowest BCUT2D eigenvalue weighted by Gasteiger charge is -2.35. The summed E-state index contributed by atoms with van der Waals surface area (Å²) in [6.07, 6.45) is 0. The summed E-state index contributed by atoms with van der Waals surface area (Å²) < 4.78 is 0. The molecule has 1 amide bonds. The van der Waals surface area contributed by atoms with E-state index in [0.29, 0.717) is 13.2 Å². The van der Waals surface area contributed by atoms with Crippen LogP contribution < -0.4 is 5.32 Å². The maximum Gasteiger partial charge on any atom is 0.233 e. The highest BCUT2D eigenvalue weighted by Gasteiger charge is 2.43. The average Bonchev–Trinajstić information content (AvgIpc) is 2.89. The summed E-state index contributed by atoms with van der Waals surface area (Å²) in [6, 6.07) is 16.6. The molecule has 2 aromatic rings. The number of nitrogens with zero attached hydrogens (tertiary/aromatic N) is 1. The lowest BCUT2D eigenvalue weighted by molar-refractivity contribution is -0.136. The van der Waals surface area contributed by atoms with Crippen molar-refractivity contribution in [2.45, 2.75) is 29.7 Å². The van der Waals surface area contributed by atoms with E-state index in [-0.39, 0.29) is 17.2 Å². The lowest BCUT2D eigenvalue weighted by Crippen LogP contribution is -2.52.